The van der Waals surface area contributed by atoms with Crippen molar-refractivity contribution in [2.24, 2.45) is 5.92 Å². The molecule has 1 saturated heterocycles. The molecule has 28 heavy (non-hydrogen) atoms. The minimum atomic E-state index is -0.425. The van der Waals surface area contributed by atoms with Gasteiger partial charge in [-0.3, -0.25) is 4.79 Å². The van der Waals surface area contributed by atoms with Crippen LogP contribution in [0.5, 0.6) is 5.75 Å². The Hall–Kier alpha value is -2.44. The number of piperidine rings is 1. The third-order valence-electron chi connectivity index (χ3n) is 5.72. The number of para-hydroxylation sites is 1. The summed E-state index contributed by atoms with van der Waals surface area (Å²) in [4.78, 5) is 19.2. The van der Waals surface area contributed by atoms with Gasteiger partial charge in [0.25, 0.3) is 5.89 Å². The molecule has 1 aromatic carbocycles. The SMILES string of the molecule is O=C(C1CCCCC1)N1CCCC(c2noc(COc3ccccc3F)n2)C1. The summed E-state index contributed by atoms with van der Waals surface area (Å²) in [5.41, 5.74) is 0. The molecule has 1 aromatic heterocycles. The van der Waals surface area contributed by atoms with E-state index in [2.05, 4.69) is 10.1 Å². The van der Waals surface area contributed by atoms with Gasteiger partial charge in [0.05, 0.1) is 0 Å². The molecule has 1 saturated carbocycles. The molecule has 0 spiro atoms. The Labute approximate surface area is 164 Å². The average Bonchev–Trinajstić information content (AvgIpc) is 3.22. The van der Waals surface area contributed by atoms with Gasteiger partial charge in [-0.05, 0) is 37.8 Å². The number of amides is 1. The third kappa shape index (κ3) is 4.34. The Morgan fingerprint density at radius 1 is 1.18 bits per heavy atom. The van der Waals surface area contributed by atoms with Crippen molar-refractivity contribution >= 4 is 5.91 Å². The number of hydrogen-bond acceptors (Lipinski definition) is 5. The molecule has 2 heterocycles. The summed E-state index contributed by atoms with van der Waals surface area (Å²) in [7, 11) is 0. The Bertz CT molecular complexity index is 804. The Morgan fingerprint density at radius 3 is 2.82 bits per heavy atom. The maximum Gasteiger partial charge on any atom is 0.264 e. The van der Waals surface area contributed by atoms with Gasteiger partial charge in [0.2, 0.25) is 5.91 Å². The predicted octanol–water partition coefficient (Wildman–Crippen LogP) is 4.07. The smallest absolute Gasteiger partial charge is 0.264 e. The van der Waals surface area contributed by atoms with Crippen LogP contribution in [-0.4, -0.2) is 34.0 Å². The molecule has 1 atom stereocenters. The molecule has 2 aromatic rings. The Kier molecular flexibility index (Phi) is 5.88. The van der Waals surface area contributed by atoms with Gasteiger partial charge in [0.15, 0.2) is 24.0 Å². The number of nitrogens with zero attached hydrogens (tertiary/aromatic N) is 3. The summed E-state index contributed by atoms with van der Waals surface area (Å²) < 4.78 is 24.3. The van der Waals surface area contributed by atoms with Crippen LogP contribution in [0.4, 0.5) is 4.39 Å². The number of aromatic nitrogens is 2. The summed E-state index contributed by atoms with van der Waals surface area (Å²) >= 11 is 0. The molecule has 1 amide bonds. The normalized spacial score (nSPS) is 20.9. The molecular formula is C21H26FN3O3. The van der Waals surface area contributed by atoms with Gasteiger partial charge in [-0.2, -0.15) is 4.98 Å². The van der Waals surface area contributed by atoms with E-state index in [0.717, 1.165) is 45.1 Å². The van der Waals surface area contributed by atoms with Crippen LogP contribution in [0, 0.1) is 11.7 Å². The quantitative estimate of drug-likeness (QED) is 0.773. The number of hydrogen-bond donors (Lipinski definition) is 0. The van der Waals surface area contributed by atoms with E-state index in [1.165, 1.54) is 12.5 Å². The maximum absolute atomic E-state index is 13.6. The molecule has 2 fully saturated rings. The highest BCUT2D eigenvalue weighted by molar-refractivity contribution is 5.79. The lowest BCUT2D eigenvalue weighted by atomic mass is 9.87. The highest BCUT2D eigenvalue weighted by Gasteiger charge is 2.32. The van der Waals surface area contributed by atoms with E-state index in [9.17, 15) is 9.18 Å². The molecule has 1 aliphatic heterocycles. The fourth-order valence-electron chi connectivity index (χ4n) is 4.19. The van der Waals surface area contributed by atoms with Crippen molar-refractivity contribution in [3.8, 4) is 5.75 Å². The van der Waals surface area contributed by atoms with Gasteiger partial charge in [-0.1, -0.05) is 36.6 Å². The van der Waals surface area contributed by atoms with Crippen molar-refractivity contribution < 1.29 is 18.4 Å². The molecule has 4 rings (SSSR count). The zero-order chi connectivity index (χ0) is 19.3. The zero-order valence-corrected chi connectivity index (χ0v) is 16.0. The number of likely N-dealkylation sites (tertiary alicyclic amines) is 1. The summed E-state index contributed by atoms with van der Waals surface area (Å²) in [6.45, 7) is 1.47. The highest BCUT2D eigenvalue weighted by atomic mass is 19.1. The predicted molar refractivity (Wildman–Crippen MR) is 100 cm³/mol. The molecule has 0 bridgehead atoms. The van der Waals surface area contributed by atoms with Gasteiger partial charge in [0, 0.05) is 24.9 Å². The Morgan fingerprint density at radius 2 is 2.00 bits per heavy atom. The van der Waals surface area contributed by atoms with Crippen molar-refractivity contribution in [2.75, 3.05) is 13.1 Å². The third-order valence-corrected chi connectivity index (χ3v) is 5.72. The molecule has 7 heteroatoms. The van der Waals surface area contributed by atoms with Crippen LogP contribution in [0.2, 0.25) is 0 Å². The van der Waals surface area contributed by atoms with Gasteiger partial charge in [-0.15, -0.1) is 0 Å². The molecular weight excluding hydrogens is 361 g/mol. The lowest BCUT2D eigenvalue weighted by molar-refractivity contribution is -0.137. The van der Waals surface area contributed by atoms with E-state index in [1.54, 1.807) is 18.2 Å². The van der Waals surface area contributed by atoms with Gasteiger partial charge >= 0.3 is 0 Å². The second kappa shape index (κ2) is 8.71. The number of carbonyl (C=O) groups excluding carboxylic acids is 1. The second-order valence-electron chi connectivity index (χ2n) is 7.72. The lowest BCUT2D eigenvalue weighted by Crippen LogP contribution is -2.43. The van der Waals surface area contributed by atoms with Gasteiger partial charge in [-0.25, -0.2) is 4.39 Å². The first-order valence-electron chi connectivity index (χ1n) is 10.2. The first kappa shape index (κ1) is 18.9. The molecule has 1 unspecified atom stereocenters. The van der Waals surface area contributed by atoms with E-state index in [0.29, 0.717) is 18.3 Å². The highest BCUT2D eigenvalue weighted by Crippen LogP contribution is 2.30. The zero-order valence-electron chi connectivity index (χ0n) is 16.0. The minimum absolute atomic E-state index is 0.0192. The van der Waals surface area contributed by atoms with E-state index in [-0.39, 0.29) is 30.1 Å². The van der Waals surface area contributed by atoms with E-state index in [1.807, 2.05) is 4.90 Å². The number of ether oxygens (including phenoxy) is 1. The van der Waals surface area contributed by atoms with Crippen LogP contribution in [0.15, 0.2) is 28.8 Å². The topological polar surface area (TPSA) is 68.5 Å². The minimum Gasteiger partial charge on any atom is -0.481 e. The van der Waals surface area contributed by atoms with Crippen molar-refractivity contribution in [1.29, 1.82) is 0 Å². The maximum atomic E-state index is 13.6. The molecule has 2 aliphatic rings. The summed E-state index contributed by atoms with van der Waals surface area (Å²) in [6, 6.07) is 6.21. The van der Waals surface area contributed by atoms with Crippen molar-refractivity contribution in [3.63, 3.8) is 0 Å². The van der Waals surface area contributed by atoms with Gasteiger partial charge < -0.3 is 14.2 Å². The first-order chi connectivity index (χ1) is 13.7. The molecule has 0 N–H and O–H groups in total. The van der Waals surface area contributed by atoms with E-state index in [4.69, 9.17) is 9.26 Å². The van der Waals surface area contributed by atoms with Crippen molar-refractivity contribution in [1.82, 2.24) is 15.0 Å². The largest absolute Gasteiger partial charge is 0.481 e. The van der Waals surface area contributed by atoms with Crippen LogP contribution in [-0.2, 0) is 11.4 Å². The molecule has 6 nitrogen and oxygen atoms in total. The van der Waals surface area contributed by atoms with E-state index < -0.39 is 5.82 Å². The van der Waals surface area contributed by atoms with Crippen LogP contribution in [0.3, 0.4) is 0 Å². The van der Waals surface area contributed by atoms with Crippen LogP contribution in [0.25, 0.3) is 0 Å². The van der Waals surface area contributed by atoms with Crippen molar-refractivity contribution in [2.45, 2.75) is 57.5 Å². The lowest BCUT2D eigenvalue weighted by Gasteiger charge is -2.34. The van der Waals surface area contributed by atoms with E-state index >= 15 is 0 Å². The van der Waals surface area contributed by atoms with Crippen molar-refractivity contribution in [3.05, 3.63) is 41.8 Å². The first-order valence-corrected chi connectivity index (χ1v) is 10.2. The number of benzene rings is 1. The monoisotopic (exact) mass is 387 g/mol. The molecule has 150 valence electrons. The van der Waals surface area contributed by atoms with Crippen LogP contribution < -0.4 is 4.74 Å². The van der Waals surface area contributed by atoms with Crippen LogP contribution in [0.1, 0.15) is 62.6 Å². The standard InChI is InChI=1S/C21H26FN3O3/c22-17-10-4-5-11-18(17)27-14-19-23-20(24-28-19)16-9-6-12-25(13-16)21(26)15-7-2-1-3-8-15/h4-5,10-11,15-16H,1-3,6-9,12-14H2. The fraction of sp³-hybridized carbons (Fsp3) is 0.571. The number of rotatable bonds is 5. The molecule has 1 aliphatic carbocycles. The molecule has 0 radical (unpaired) electrons. The summed E-state index contributed by atoms with van der Waals surface area (Å²) in [5, 5.41) is 4.08. The number of carbonyl (C=O) groups is 1. The van der Waals surface area contributed by atoms with Gasteiger partial charge in [0.1, 0.15) is 0 Å². The second-order valence-corrected chi connectivity index (χ2v) is 7.72. The summed E-state index contributed by atoms with van der Waals surface area (Å²) in [6.07, 6.45) is 7.46. The van der Waals surface area contributed by atoms with Crippen LogP contribution >= 0.6 is 0 Å². The average molecular weight is 387 g/mol. The Balaban J connectivity index is 1.35. The fourth-order valence-corrected chi connectivity index (χ4v) is 4.19. The number of halogens is 1. The summed E-state index contributed by atoms with van der Waals surface area (Å²) in [5.74, 6) is 1.20.